The van der Waals surface area contributed by atoms with Gasteiger partial charge in [0.2, 0.25) is 5.13 Å². The molecular weight excluding hydrogens is 233 g/mol. The summed E-state index contributed by atoms with van der Waals surface area (Å²) in [6.45, 7) is 0. The van der Waals surface area contributed by atoms with Crippen molar-refractivity contribution in [2.75, 3.05) is 11.1 Å². The van der Waals surface area contributed by atoms with E-state index in [0.29, 0.717) is 0 Å². The SMILES string of the molecule is Nc1c(F)cccc1C(=O)Nc1nnns1. The summed E-state index contributed by atoms with van der Waals surface area (Å²) >= 11 is 0.917. The number of nitrogens with two attached hydrogens (primary N) is 1. The Bertz CT molecular complexity index is 515. The summed E-state index contributed by atoms with van der Waals surface area (Å²) in [6.07, 6.45) is 0. The van der Waals surface area contributed by atoms with Gasteiger partial charge < -0.3 is 5.73 Å². The van der Waals surface area contributed by atoms with Crippen LogP contribution < -0.4 is 11.1 Å². The molecule has 1 aromatic heterocycles. The molecular formula is C8H6FN5OS. The minimum absolute atomic E-state index is 0.0511. The molecule has 0 saturated heterocycles. The lowest BCUT2D eigenvalue weighted by molar-refractivity contribution is 0.102. The van der Waals surface area contributed by atoms with Crippen molar-refractivity contribution in [2.45, 2.75) is 0 Å². The van der Waals surface area contributed by atoms with E-state index in [9.17, 15) is 9.18 Å². The number of nitrogens with zero attached hydrogens (tertiary/aromatic N) is 3. The van der Waals surface area contributed by atoms with Crippen LogP contribution in [0.4, 0.5) is 15.2 Å². The molecule has 6 nitrogen and oxygen atoms in total. The van der Waals surface area contributed by atoms with Crippen molar-refractivity contribution in [3.05, 3.63) is 29.6 Å². The summed E-state index contributed by atoms with van der Waals surface area (Å²) in [5.74, 6) is -1.18. The van der Waals surface area contributed by atoms with Gasteiger partial charge in [0, 0.05) is 11.5 Å². The predicted molar refractivity (Wildman–Crippen MR) is 56.5 cm³/mol. The van der Waals surface area contributed by atoms with Crippen LogP contribution in [0, 0.1) is 5.82 Å². The van der Waals surface area contributed by atoms with Crippen LogP contribution in [-0.2, 0) is 0 Å². The quantitative estimate of drug-likeness (QED) is 0.759. The molecule has 0 bridgehead atoms. The zero-order chi connectivity index (χ0) is 11.5. The molecule has 1 heterocycles. The lowest BCUT2D eigenvalue weighted by atomic mass is 10.1. The Hall–Kier alpha value is -2.09. The van der Waals surface area contributed by atoms with E-state index in [1.54, 1.807) is 0 Å². The summed E-state index contributed by atoms with van der Waals surface area (Å²) in [5.41, 5.74) is 5.28. The Balaban J connectivity index is 2.24. The predicted octanol–water partition coefficient (Wildman–Crippen LogP) is 0.907. The highest BCUT2D eigenvalue weighted by Crippen LogP contribution is 2.17. The van der Waals surface area contributed by atoms with Gasteiger partial charge in [0.05, 0.1) is 11.3 Å². The Morgan fingerprint density at radius 2 is 2.31 bits per heavy atom. The number of nitrogens with one attached hydrogen (secondary N) is 1. The first-order valence-electron chi connectivity index (χ1n) is 4.19. The van der Waals surface area contributed by atoms with Crippen LogP contribution in [0.2, 0.25) is 0 Å². The fraction of sp³-hybridized carbons (Fsp3) is 0. The van der Waals surface area contributed by atoms with Gasteiger partial charge in [-0.3, -0.25) is 10.1 Å². The van der Waals surface area contributed by atoms with Crippen molar-refractivity contribution in [1.29, 1.82) is 0 Å². The number of halogens is 1. The number of benzene rings is 1. The van der Waals surface area contributed by atoms with Crippen LogP contribution in [0.3, 0.4) is 0 Å². The molecule has 3 N–H and O–H groups in total. The van der Waals surface area contributed by atoms with Crippen molar-refractivity contribution in [3.8, 4) is 0 Å². The second kappa shape index (κ2) is 4.19. The summed E-state index contributed by atoms with van der Waals surface area (Å²) < 4.78 is 16.5. The van der Waals surface area contributed by atoms with Crippen LogP contribution in [0.25, 0.3) is 0 Å². The van der Waals surface area contributed by atoms with Gasteiger partial charge in [-0.05, 0) is 17.3 Å². The third-order valence-electron chi connectivity index (χ3n) is 1.82. The Morgan fingerprint density at radius 1 is 1.50 bits per heavy atom. The number of anilines is 2. The fourth-order valence-electron chi connectivity index (χ4n) is 1.08. The molecule has 0 radical (unpaired) electrons. The highest BCUT2D eigenvalue weighted by atomic mass is 32.1. The molecule has 1 amide bonds. The molecule has 0 aliphatic carbocycles. The van der Waals surface area contributed by atoms with E-state index in [2.05, 4.69) is 20.1 Å². The topological polar surface area (TPSA) is 93.8 Å². The van der Waals surface area contributed by atoms with Crippen LogP contribution in [0.5, 0.6) is 0 Å². The van der Waals surface area contributed by atoms with Gasteiger partial charge in [-0.15, -0.1) is 0 Å². The third kappa shape index (κ3) is 1.96. The van der Waals surface area contributed by atoms with Crippen molar-refractivity contribution >= 4 is 28.3 Å². The van der Waals surface area contributed by atoms with Gasteiger partial charge >= 0.3 is 0 Å². The molecule has 1 aromatic carbocycles. The van der Waals surface area contributed by atoms with E-state index in [1.807, 2.05) is 0 Å². The number of amides is 1. The van der Waals surface area contributed by atoms with Crippen LogP contribution >= 0.6 is 11.5 Å². The van der Waals surface area contributed by atoms with E-state index < -0.39 is 11.7 Å². The first-order valence-corrected chi connectivity index (χ1v) is 4.96. The Kier molecular flexibility index (Phi) is 2.73. The van der Waals surface area contributed by atoms with Crippen molar-refractivity contribution in [1.82, 2.24) is 14.8 Å². The van der Waals surface area contributed by atoms with Crippen LogP contribution in [0.1, 0.15) is 10.4 Å². The molecule has 16 heavy (non-hydrogen) atoms. The standard InChI is InChI=1S/C8H6FN5OS/c9-5-3-1-2-4(6(5)10)7(15)11-8-12-13-14-16-8/h1-3H,10H2,(H,11,12,14,15). The number of carbonyl (C=O) groups is 1. The fourth-order valence-corrected chi connectivity index (χ4v) is 1.44. The number of para-hydroxylation sites is 1. The summed E-state index contributed by atoms with van der Waals surface area (Å²) in [7, 11) is 0. The molecule has 0 spiro atoms. The highest BCUT2D eigenvalue weighted by Gasteiger charge is 2.13. The molecule has 0 aliphatic heterocycles. The van der Waals surface area contributed by atoms with Crippen molar-refractivity contribution in [3.63, 3.8) is 0 Å². The Morgan fingerprint density at radius 3 is 3.00 bits per heavy atom. The van der Waals surface area contributed by atoms with Crippen molar-refractivity contribution in [2.24, 2.45) is 0 Å². The van der Waals surface area contributed by atoms with Gasteiger partial charge in [0.15, 0.2) is 0 Å². The first-order chi connectivity index (χ1) is 7.68. The van der Waals surface area contributed by atoms with E-state index >= 15 is 0 Å². The monoisotopic (exact) mass is 239 g/mol. The van der Waals surface area contributed by atoms with Gasteiger partial charge in [-0.1, -0.05) is 15.7 Å². The first kappa shape index (κ1) is 10.4. The molecule has 0 saturated carbocycles. The number of nitrogen functional groups attached to an aromatic ring is 1. The second-order valence-corrected chi connectivity index (χ2v) is 3.56. The molecule has 0 fully saturated rings. The van der Waals surface area contributed by atoms with E-state index in [1.165, 1.54) is 18.2 Å². The second-order valence-electron chi connectivity index (χ2n) is 2.82. The lowest BCUT2D eigenvalue weighted by Crippen LogP contribution is -2.14. The maximum atomic E-state index is 13.1. The number of rotatable bonds is 2. The van der Waals surface area contributed by atoms with Gasteiger partial charge in [-0.25, -0.2) is 4.39 Å². The zero-order valence-corrected chi connectivity index (χ0v) is 8.66. The molecule has 2 aromatic rings. The average Bonchev–Trinajstić information content (AvgIpc) is 2.74. The van der Waals surface area contributed by atoms with E-state index in [0.717, 1.165) is 11.5 Å². The minimum Gasteiger partial charge on any atom is -0.396 e. The number of aromatic nitrogens is 3. The zero-order valence-electron chi connectivity index (χ0n) is 7.85. The highest BCUT2D eigenvalue weighted by molar-refractivity contribution is 7.09. The third-order valence-corrected chi connectivity index (χ3v) is 2.33. The molecule has 8 heteroatoms. The van der Waals surface area contributed by atoms with Crippen LogP contribution in [-0.4, -0.2) is 20.7 Å². The largest absolute Gasteiger partial charge is 0.396 e. The maximum Gasteiger partial charge on any atom is 0.259 e. The van der Waals surface area contributed by atoms with Gasteiger partial charge in [-0.2, -0.15) is 0 Å². The molecule has 82 valence electrons. The van der Waals surface area contributed by atoms with Crippen LogP contribution in [0.15, 0.2) is 18.2 Å². The summed E-state index contributed by atoms with van der Waals surface area (Å²) in [4.78, 5) is 11.6. The number of carbonyl (C=O) groups excluding carboxylic acids is 1. The van der Waals surface area contributed by atoms with Gasteiger partial charge in [0.25, 0.3) is 5.91 Å². The number of hydrogen-bond acceptors (Lipinski definition) is 6. The summed E-state index contributed by atoms with van der Waals surface area (Å²) in [5, 5.41) is 9.47. The Labute approximate surface area is 93.4 Å². The summed E-state index contributed by atoms with van der Waals surface area (Å²) in [6, 6.07) is 4.00. The van der Waals surface area contributed by atoms with E-state index in [4.69, 9.17) is 5.73 Å². The number of hydrogen-bond donors (Lipinski definition) is 2. The van der Waals surface area contributed by atoms with Gasteiger partial charge in [0.1, 0.15) is 5.82 Å². The molecule has 2 rings (SSSR count). The molecule has 0 aliphatic rings. The van der Waals surface area contributed by atoms with Crippen molar-refractivity contribution < 1.29 is 9.18 Å². The molecule has 0 unspecified atom stereocenters. The average molecular weight is 239 g/mol. The normalized spacial score (nSPS) is 10.1. The smallest absolute Gasteiger partial charge is 0.259 e. The van der Waals surface area contributed by atoms with E-state index in [-0.39, 0.29) is 16.4 Å². The maximum absolute atomic E-state index is 13.1. The molecule has 0 atom stereocenters. The minimum atomic E-state index is -0.636. The lowest BCUT2D eigenvalue weighted by Gasteiger charge is -2.04.